The molecule has 0 unspecified atom stereocenters. The molecule has 8 aromatic rings. The first-order valence-electron chi connectivity index (χ1n) is 43.0. The third-order valence-electron chi connectivity index (χ3n) is 28.0. The first-order valence-corrected chi connectivity index (χ1v) is 43.0. The first kappa shape index (κ1) is 78.6. The molecule has 0 aliphatic carbocycles. The Hall–Kier alpha value is -6.61. The van der Waals surface area contributed by atoms with E-state index in [1.807, 2.05) is 0 Å². The summed E-state index contributed by atoms with van der Waals surface area (Å²) in [5, 5.41) is 9.63. The van der Waals surface area contributed by atoms with Crippen molar-refractivity contribution in [2.24, 2.45) is 17.8 Å². The van der Waals surface area contributed by atoms with Gasteiger partial charge < -0.3 is 66.3 Å². The van der Waals surface area contributed by atoms with E-state index in [2.05, 4.69) is 237 Å². The van der Waals surface area contributed by atoms with Gasteiger partial charge in [-0.15, -0.1) is 0 Å². The van der Waals surface area contributed by atoms with Crippen LogP contribution in [0, 0.1) is 17.8 Å². The Balaban J connectivity index is 0.579. The van der Waals surface area contributed by atoms with Gasteiger partial charge in [0, 0.05) is 51.0 Å². The van der Waals surface area contributed by atoms with E-state index in [1.54, 1.807) is 6.92 Å². The Bertz CT molecular complexity index is 4770. The maximum Gasteiger partial charge on any atom is 0.132 e. The largest absolute Gasteiger partial charge is 0.377 e. The molecule has 18 rings (SSSR count). The van der Waals surface area contributed by atoms with Gasteiger partial charge in [0.25, 0.3) is 0 Å². The summed E-state index contributed by atoms with van der Waals surface area (Å²) in [5.41, 5.74) is 2.37. The van der Waals surface area contributed by atoms with Crippen LogP contribution in [0.1, 0.15) is 174 Å². The van der Waals surface area contributed by atoms with Crippen molar-refractivity contribution < 1.29 is 71.1 Å². The molecule has 15 nitrogen and oxygen atoms in total. The summed E-state index contributed by atoms with van der Waals surface area (Å²) >= 11 is 0. The predicted molar refractivity (Wildman–Crippen MR) is 442 cm³/mol. The second kappa shape index (κ2) is 32.9. The first-order chi connectivity index (χ1) is 55.2. The topological polar surface area (TPSA) is 146 Å². The van der Waals surface area contributed by atoms with E-state index in [1.165, 1.54) is 43.3 Å². The van der Waals surface area contributed by atoms with Crippen molar-refractivity contribution in [1.82, 2.24) is 0 Å². The molecule has 15 heteroatoms. The highest BCUT2D eigenvalue weighted by Crippen LogP contribution is 2.55. The van der Waals surface area contributed by atoms with Crippen molar-refractivity contribution in [3.8, 4) is 0 Å². The van der Waals surface area contributed by atoms with Gasteiger partial charge in [-0.05, 0) is 199 Å². The van der Waals surface area contributed by atoms with Crippen molar-refractivity contribution >= 4 is 48.9 Å². The molecule has 9 fully saturated rings. The van der Waals surface area contributed by atoms with Crippen LogP contribution in [0.5, 0.6) is 0 Å². The lowest BCUT2D eigenvalue weighted by Gasteiger charge is -2.62. The number of carbonyl (C=O) groups is 1. The number of hydrogen-bond acceptors (Lipinski definition) is 15. The molecular weight excluding hydrogens is 1430 g/mol. The van der Waals surface area contributed by atoms with Gasteiger partial charge in [0.15, 0.2) is 0 Å². The monoisotopic (exact) mass is 1550 g/mol. The van der Waals surface area contributed by atoms with Crippen LogP contribution in [-0.4, -0.2) is 151 Å². The van der Waals surface area contributed by atoms with Gasteiger partial charge in [-0.25, -0.2) is 0 Å². The fourth-order valence-corrected chi connectivity index (χ4v) is 21.8. The second-order valence-corrected chi connectivity index (χ2v) is 36.7. The highest BCUT2D eigenvalue weighted by Gasteiger charge is 2.66. The van der Waals surface area contributed by atoms with Gasteiger partial charge in [-0.2, -0.15) is 0 Å². The minimum atomic E-state index is -0.930. The molecule has 0 N–H and O–H groups in total. The number of benzene rings is 8. The van der Waals surface area contributed by atoms with Crippen molar-refractivity contribution in [2.75, 3.05) is 6.61 Å². The minimum absolute atomic E-state index is 0.00122. The lowest BCUT2D eigenvalue weighted by molar-refractivity contribution is -0.375. The third-order valence-corrected chi connectivity index (χ3v) is 28.0. The molecule has 0 aromatic heterocycles. The molecule has 10 aliphatic rings. The number of ether oxygens (including phenoxy) is 14. The number of hydrogen-bond donors (Lipinski definition) is 0. The maximum atomic E-state index is 12.6. The van der Waals surface area contributed by atoms with E-state index >= 15 is 0 Å². The summed E-state index contributed by atoms with van der Waals surface area (Å²) in [6, 6.07) is 60.6. The average molecular weight is 1550 g/mol. The quantitative estimate of drug-likeness (QED) is 0.0496. The van der Waals surface area contributed by atoms with Crippen LogP contribution in [-0.2, 0) is 97.5 Å². The van der Waals surface area contributed by atoms with E-state index in [9.17, 15) is 4.79 Å². The molecule has 0 radical (unpaired) electrons. The van der Waals surface area contributed by atoms with Gasteiger partial charge in [0.1, 0.15) is 23.6 Å². The van der Waals surface area contributed by atoms with E-state index < -0.39 is 46.8 Å². The summed E-state index contributed by atoms with van der Waals surface area (Å²) in [7, 11) is 0. The summed E-state index contributed by atoms with van der Waals surface area (Å²) in [6.07, 6.45) is 9.41. The van der Waals surface area contributed by atoms with Crippen molar-refractivity contribution in [3.05, 3.63) is 216 Å². The highest BCUT2D eigenvalue weighted by molar-refractivity contribution is 5.85. The number of ketones is 1. The number of Topliss-reactive ketones (excluding diaryl/α,β-unsaturated/α-hetero) is 1. The molecule has 8 aromatic carbocycles. The fourth-order valence-electron chi connectivity index (χ4n) is 21.8. The molecule has 10 aliphatic heterocycles. The Labute approximate surface area is 673 Å². The highest BCUT2D eigenvalue weighted by atomic mass is 16.7. The van der Waals surface area contributed by atoms with Crippen molar-refractivity contribution in [1.29, 1.82) is 0 Å². The Morgan fingerprint density at radius 3 is 1.75 bits per heavy atom. The lowest BCUT2D eigenvalue weighted by atomic mass is 9.72. The predicted octanol–water partition coefficient (Wildman–Crippen LogP) is 19.3. The van der Waals surface area contributed by atoms with Crippen LogP contribution < -0.4 is 0 Å². The van der Waals surface area contributed by atoms with Crippen molar-refractivity contribution in [3.63, 3.8) is 0 Å². The molecule has 0 spiro atoms. The van der Waals surface area contributed by atoms with E-state index in [-0.39, 0.29) is 110 Å². The Kier molecular flexibility index (Phi) is 22.7. The van der Waals surface area contributed by atoms with Crippen LogP contribution in [0.25, 0.3) is 43.1 Å². The number of rotatable bonds is 21. The van der Waals surface area contributed by atoms with E-state index in [4.69, 9.17) is 66.3 Å². The molecule has 604 valence electrons. The van der Waals surface area contributed by atoms with E-state index in [0.29, 0.717) is 89.8 Å². The van der Waals surface area contributed by atoms with Crippen LogP contribution in [0.15, 0.2) is 194 Å². The smallest absolute Gasteiger partial charge is 0.132 e. The van der Waals surface area contributed by atoms with Gasteiger partial charge in [0.05, 0.1) is 147 Å². The van der Waals surface area contributed by atoms with Gasteiger partial charge >= 0.3 is 0 Å². The molecule has 0 amide bonds. The van der Waals surface area contributed by atoms with Crippen LogP contribution >= 0.6 is 0 Å². The third kappa shape index (κ3) is 16.4. The molecule has 26 atom stereocenters. The van der Waals surface area contributed by atoms with E-state index in [0.717, 1.165) is 72.6 Å². The fraction of sp³-hybridized carbons (Fsp3) is 0.545. The van der Waals surface area contributed by atoms with Crippen molar-refractivity contribution in [2.45, 2.75) is 317 Å². The molecule has 9 saturated heterocycles. The van der Waals surface area contributed by atoms with Gasteiger partial charge in [0.2, 0.25) is 0 Å². The standard InChI is InChI=1S/C99H118O15/c1-60-19-18-28-81-80(106-86-53-91-99(9,114-93(60)86)95(104-58-68-32-36-72-23-13-17-27-76(72)49-68)94-87(108-91)54-96(6)89(110-94)44-62(3)83(113-96)45-64(5)100)39-40-88-97(7,111-81)59-98(8)90(109-88)52-85-82(112-98)38-37-79(103-57-67-31-35-71-22-12-16-26-75(71)48-67)84(107-85)51-77(102-56-66-30-34-70-21-11-15-25-74(70)47-66)50-78-43-63(4)92(105-78)61(2)41-42-101-55-65-29-33-69-20-10-14-24-73(69)46-65/h10-27,29-36,46-49,60-61,63,77-95H,3,28,37-45,50-59H2,1-2,4-9H3/b19-18-/t60-,61+,63-,77-,78+,79+,80-,81+,82-,83+,84-,85+,86+,87+,88+,89+,90-,91-,92-,93-,94+,95-,96-,97-,98+,99-/m1/s1. The van der Waals surface area contributed by atoms with Crippen LogP contribution in [0.4, 0.5) is 0 Å². The Morgan fingerprint density at radius 1 is 0.518 bits per heavy atom. The van der Waals surface area contributed by atoms with Crippen LogP contribution in [0.3, 0.4) is 0 Å². The molecule has 114 heavy (non-hydrogen) atoms. The lowest BCUT2D eigenvalue weighted by Crippen LogP contribution is -2.75. The maximum absolute atomic E-state index is 12.6. The molecular formula is C99H118O15. The second-order valence-electron chi connectivity index (χ2n) is 36.7. The SMILES string of the molecule is C=C1C[C@@H]2O[C@H]3[C@H](C[C@@]2(C)O[C@H]1CC(C)=O)O[C@@H]1C[C@@H]2O[C@@H]4CC[C@@H]5O[C@@H]6C[C@@H]7O[C@H](C[C@@H](C[C@@H]8C[C@@H](C)[C@@H]([C@@H](C)CCOCc9ccc%10ccccc%10c9)O8)OCc8ccc9ccccc9c8)[C@@H](OCc8ccc9ccccc9c8)CC[C@H]7O[C@@]6(C)C[C@@]5(C)O[C@H]4C/C=C\[C@@H](C)[C@H]2O[C@@]1(C)[C@@H]3OCc1ccc2ccccc2c1. The number of fused-ring (bicyclic) bond motifs is 12. The zero-order valence-corrected chi connectivity index (χ0v) is 68.0. The molecule has 0 saturated carbocycles. The minimum Gasteiger partial charge on any atom is -0.377 e. The van der Waals surface area contributed by atoms with Gasteiger partial charge in [-0.1, -0.05) is 185 Å². The Morgan fingerprint density at radius 2 is 1.11 bits per heavy atom. The molecule has 0 bridgehead atoms. The zero-order valence-electron chi connectivity index (χ0n) is 68.0. The number of carbonyl (C=O) groups excluding carboxylic acids is 1. The normalized spacial score (nSPS) is 37.6. The summed E-state index contributed by atoms with van der Waals surface area (Å²) in [4.78, 5) is 12.6. The zero-order chi connectivity index (χ0) is 78.0. The average Bonchev–Trinajstić information content (AvgIpc) is 0.864. The summed E-state index contributed by atoms with van der Waals surface area (Å²) < 4.78 is 103. The summed E-state index contributed by atoms with van der Waals surface area (Å²) in [6.45, 7) is 24.3. The van der Waals surface area contributed by atoms with Crippen LogP contribution in [0.2, 0.25) is 0 Å². The summed E-state index contributed by atoms with van der Waals surface area (Å²) in [5.74, 6) is 0.733. The van der Waals surface area contributed by atoms with Gasteiger partial charge in [-0.3, -0.25) is 4.79 Å². The molecule has 10 heterocycles.